The van der Waals surface area contributed by atoms with Crippen LogP contribution in [0.1, 0.15) is 38.9 Å². The number of hydrogen-bond acceptors (Lipinski definition) is 11. The zero-order valence-corrected chi connectivity index (χ0v) is 40.3. The van der Waals surface area contributed by atoms with Crippen LogP contribution in [0.5, 0.6) is 0 Å². The Morgan fingerprint density at radius 2 is 0.722 bits per heavy atom. The zero-order valence-electron chi connectivity index (χ0n) is 40.3. The Morgan fingerprint density at radius 1 is 0.375 bits per heavy atom. The van der Waals surface area contributed by atoms with Gasteiger partial charge < -0.3 is 52.8 Å². The van der Waals surface area contributed by atoms with Crippen LogP contribution in [0.4, 0.5) is 0 Å². The predicted octanol–water partition coefficient (Wildman–Crippen LogP) is 9.56. The third kappa shape index (κ3) is 13.2. The van der Waals surface area contributed by atoms with Crippen molar-refractivity contribution in [2.75, 3.05) is 13.2 Å². The lowest BCUT2D eigenvalue weighted by atomic mass is 9.74. The van der Waals surface area contributed by atoms with Gasteiger partial charge in [-0.2, -0.15) is 0 Å². The largest absolute Gasteiger partial charge is 0.394 e. The second-order valence-electron chi connectivity index (χ2n) is 18.2. The van der Waals surface area contributed by atoms with E-state index in [1.54, 1.807) is 0 Å². The lowest BCUT2D eigenvalue weighted by molar-refractivity contribution is -0.395. The fourth-order valence-electron chi connectivity index (χ4n) is 9.59. The molecule has 2 aliphatic rings. The molecule has 2 aliphatic heterocycles. The summed E-state index contributed by atoms with van der Waals surface area (Å²) in [5, 5.41) is 24.0. The third-order valence-electron chi connectivity index (χ3n) is 13.2. The van der Waals surface area contributed by atoms with E-state index in [9.17, 15) is 10.2 Å². The zero-order chi connectivity index (χ0) is 49.2. The fourth-order valence-corrected chi connectivity index (χ4v) is 9.59. The first kappa shape index (κ1) is 51.0. The van der Waals surface area contributed by atoms with Gasteiger partial charge in [-0.05, 0) is 38.9 Å². The van der Waals surface area contributed by atoms with Gasteiger partial charge in [0.15, 0.2) is 11.9 Å². The molecule has 0 bridgehead atoms. The summed E-state index contributed by atoms with van der Waals surface area (Å²) >= 11 is 0. The average Bonchev–Trinajstić information content (AvgIpc) is 3.44. The number of hydrogen-bond donors (Lipinski definition) is 2. The smallest absolute Gasteiger partial charge is 0.184 e. The van der Waals surface area contributed by atoms with E-state index in [2.05, 4.69) is 0 Å². The first-order valence-corrected chi connectivity index (χ1v) is 24.7. The van der Waals surface area contributed by atoms with Gasteiger partial charge in [0, 0.05) is 0 Å². The summed E-state index contributed by atoms with van der Waals surface area (Å²) in [5.74, 6) is 0. The molecule has 0 aromatic heterocycles. The highest BCUT2D eigenvalue weighted by atomic mass is 16.7. The molecule has 11 heteroatoms. The van der Waals surface area contributed by atoms with Crippen LogP contribution in [-0.4, -0.2) is 84.1 Å². The summed E-state index contributed by atoms with van der Waals surface area (Å²) in [4.78, 5) is 0. The molecule has 2 fully saturated rings. The molecule has 0 unspecified atom stereocenters. The summed E-state index contributed by atoms with van der Waals surface area (Å²) < 4.78 is 63.8. The Labute approximate surface area is 422 Å². The minimum absolute atomic E-state index is 0.0251. The van der Waals surface area contributed by atoms with Crippen molar-refractivity contribution >= 4 is 0 Å². The molecule has 2 saturated heterocycles. The Bertz CT molecular complexity index is 2580. The summed E-state index contributed by atoms with van der Waals surface area (Å²) in [7, 11) is 0. The highest BCUT2D eigenvalue weighted by Gasteiger charge is 2.68. The van der Waals surface area contributed by atoms with Crippen LogP contribution in [-0.2, 0) is 88.9 Å². The Kier molecular flexibility index (Phi) is 18.5. The Hall–Kier alpha value is -5.90. The summed E-state index contributed by atoms with van der Waals surface area (Å²) in [6.07, 6.45) is -9.89. The molecule has 0 spiro atoms. The lowest BCUT2D eigenvalue weighted by Gasteiger charge is -2.59. The van der Waals surface area contributed by atoms with E-state index in [1.807, 2.05) is 212 Å². The molecule has 11 nitrogen and oxygen atoms in total. The number of aliphatic hydroxyl groups is 2. The first-order chi connectivity index (χ1) is 35.6. The highest BCUT2D eigenvalue weighted by Crippen LogP contribution is 2.47. The van der Waals surface area contributed by atoms with Crippen LogP contribution < -0.4 is 0 Å². The fraction of sp³-hybridized carbons (Fsp3) is 0.311. The van der Waals surface area contributed by atoms with E-state index >= 15 is 0 Å². The standard InChI is InChI=1S/C61H64O11/c62-36-53-61(70-43-51-34-20-7-21-35-51,58(69-42-50-32-18-6-19-33-50)57(60(63)72-53)68-41-49-30-16-5-17-31-49)59-56(67-40-48-28-14-4-15-29-48)55(66-39-47-26-12-3-13-27-47)54(65-38-46-24-10-2-11-25-46)52(71-59)44-64-37-45-22-8-1-9-23-45/h1-35,52-60,62-63H,36-44H2/t52-,53-,54+,55+,56-,57-,58-,59-,60+,61-/m1/s1. The van der Waals surface area contributed by atoms with Gasteiger partial charge in [0.05, 0.1) is 59.5 Å². The molecule has 7 aromatic rings. The maximum absolute atomic E-state index is 12.2. The number of rotatable bonds is 24. The van der Waals surface area contributed by atoms with Gasteiger partial charge in [-0.25, -0.2) is 0 Å². The van der Waals surface area contributed by atoms with Gasteiger partial charge in [0.2, 0.25) is 0 Å². The molecule has 0 amide bonds. The van der Waals surface area contributed by atoms with Crippen LogP contribution >= 0.6 is 0 Å². The van der Waals surface area contributed by atoms with E-state index in [4.69, 9.17) is 42.6 Å². The van der Waals surface area contributed by atoms with Crippen LogP contribution in [0.2, 0.25) is 0 Å². The molecule has 9 rings (SSSR count). The number of aliphatic hydroxyl groups excluding tert-OH is 2. The lowest BCUT2D eigenvalue weighted by Crippen LogP contribution is -2.79. The molecule has 0 saturated carbocycles. The van der Waals surface area contributed by atoms with Crippen molar-refractivity contribution in [2.45, 2.75) is 107 Å². The van der Waals surface area contributed by atoms with Crippen molar-refractivity contribution in [1.82, 2.24) is 0 Å². The second kappa shape index (κ2) is 26.2. The molecular formula is C61H64O11. The van der Waals surface area contributed by atoms with Crippen molar-refractivity contribution in [1.29, 1.82) is 0 Å². The topological polar surface area (TPSA) is 124 Å². The molecular weight excluding hydrogens is 909 g/mol. The van der Waals surface area contributed by atoms with Crippen molar-refractivity contribution in [3.8, 4) is 0 Å². The van der Waals surface area contributed by atoms with E-state index in [0.717, 1.165) is 38.9 Å². The first-order valence-electron chi connectivity index (χ1n) is 24.7. The highest BCUT2D eigenvalue weighted by molar-refractivity contribution is 5.22. The van der Waals surface area contributed by atoms with E-state index < -0.39 is 67.3 Å². The van der Waals surface area contributed by atoms with Crippen LogP contribution in [0.3, 0.4) is 0 Å². The van der Waals surface area contributed by atoms with Gasteiger partial charge in [0.25, 0.3) is 0 Å². The average molecular weight is 973 g/mol. The van der Waals surface area contributed by atoms with E-state index in [1.165, 1.54) is 0 Å². The molecule has 0 aliphatic carbocycles. The molecule has 7 aromatic carbocycles. The maximum Gasteiger partial charge on any atom is 0.184 e. The molecule has 72 heavy (non-hydrogen) atoms. The van der Waals surface area contributed by atoms with Crippen molar-refractivity contribution in [2.24, 2.45) is 0 Å². The van der Waals surface area contributed by atoms with Crippen molar-refractivity contribution in [3.05, 3.63) is 251 Å². The number of benzene rings is 7. The van der Waals surface area contributed by atoms with Crippen LogP contribution in [0, 0.1) is 0 Å². The van der Waals surface area contributed by atoms with Crippen LogP contribution in [0.25, 0.3) is 0 Å². The Balaban J connectivity index is 1.21. The monoisotopic (exact) mass is 972 g/mol. The molecule has 0 radical (unpaired) electrons. The molecule has 2 N–H and O–H groups in total. The van der Waals surface area contributed by atoms with Crippen molar-refractivity contribution < 1.29 is 52.8 Å². The molecule has 374 valence electrons. The predicted molar refractivity (Wildman–Crippen MR) is 272 cm³/mol. The minimum atomic E-state index is -1.81. The van der Waals surface area contributed by atoms with Gasteiger partial charge in [0.1, 0.15) is 48.8 Å². The number of ether oxygens (including phenoxy) is 9. The van der Waals surface area contributed by atoms with Gasteiger partial charge in [-0.3, -0.25) is 0 Å². The van der Waals surface area contributed by atoms with Gasteiger partial charge >= 0.3 is 0 Å². The minimum Gasteiger partial charge on any atom is -0.394 e. The van der Waals surface area contributed by atoms with Crippen molar-refractivity contribution in [3.63, 3.8) is 0 Å². The summed E-state index contributed by atoms with van der Waals surface area (Å²) in [5.41, 5.74) is 4.55. The Morgan fingerprint density at radius 3 is 1.14 bits per heavy atom. The maximum atomic E-state index is 12.2. The summed E-state index contributed by atoms with van der Waals surface area (Å²) in [6, 6.07) is 69.0. The van der Waals surface area contributed by atoms with E-state index in [-0.39, 0.29) is 46.2 Å². The van der Waals surface area contributed by atoms with E-state index in [0.29, 0.717) is 6.61 Å². The molecule has 10 atom stereocenters. The SMILES string of the molecule is OC[C@H]1O[C@H](O)[C@H](OCc2ccccc2)[C@@H](OCc2ccccc2)[C@@]1(OCc1ccccc1)[C@@H]1O[C@H](COCc2ccccc2)[C@H](OCc2ccccc2)[C@H](OCc2ccccc2)[C@H]1OCc1ccccc1. The third-order valence-corrected chi connectivity index (χ3v) is 13.2. The van der Waals surface area contributed by atoms with Gasteiger partial charge in [-0.1, -0.05) is 212 Å². The molecule has 2 heterocycles. The second-order valence-corrected chi connectivity index (χ2v) is 18.2. The normalized spacial score (nSPS) is 25.2. The summed E-state index contributed by atoms with van der Waals surface area (Å²) in [6.45, 7) is 0.527. The van der Waals surface area contributed by atoms with Crippen LogP contribution in [0.15, 0.2) is 212 Å². The van der Waals surface area contributed by atoms with Gasteiger partial charge in [-0.15, -0.1) is 0 Å². The quantitative estimate of drug-likeness (QED) is 0.0602.